The lowest BCUT2D eigenvalue weighted by Gasteiger charge is -2.07. The number of carbonyl (C=O) groups excluding carboxylic acids is 1. The lowest BCUT2D eigenvalue weighted by atomic mass is 10.3. The van der Waals surface area contributed by atoms with Crippen molar-refractivity contribution >= 4 is 21.9 Å². The Bertz CT molecular complexity index is 323. The van der Waals surface area contributed by atoms with Gasteiger partial charge in [-0.3, -0.25) is 4.79 Å². The number of halogens is 1. The van der Waals surface area contributed by atoms with Gasteiger partial charge in [0.25, 0.3) is 0 Å². The molecule has 4 heteroatoms. The molecule has 1 aromatic rings. The third kappa shape index (κ3) is 2.73. The number of methoxy groups -OCH3 is 1. The Morgan fingerprint density at radius 3 is 2.62 bits per heavy atom. The SMILES string of the molecule is COc1cc(Br)ccc1OC(C)=O. The van der Waals surface area contributed by atoms with Crippen molar-refractivity contribution in [3.05, 3.63) is 22.7 Å². The molecule has 0 saturated heterocycles. The van der Waals surface area contributed by atoms with E-state index in [1.165, 1.54) is 14.0 Å². The van der Waals surface area contributed by atoms with E-state index in [1.54, 1.807) is 18.2 Å². The summed E-state index contributed by atoms with van der Waals surface area (Å²) in [6.45, 7) is 1.35. The van der Waals surface area contributed by atoms with E-state index in [2.05, 4.69) is 15.9 Å². The molecule has 0 amide bonds. The third-order valence-corrected chi connectivity index (χ3v) is 1.87. The van der Waals surface area contributed by atoms with Gasteiger partial charge < -0.3 is 9.47 Å². The number of hydrogen-bond donors (Lipinski definition) is 0. The minimum Gasteiger partial charge on any atom is -0.493 e. The topological polar surface area (TPSA) is 35.5 Å². The number of esters is 1. The van der Waals surface area contributed by atoms with Gasteiger partial charge in [0.15, 0.2) is 11.5 Å². The van der Waals surface area contributed by atoms with Gasteiger partial charge >= 0.3 is 5.97 Å². The molecular formula is C9H9BrO3. The summed E-state index contributed by atoms with van der Waals surface area (Å²) in [5, 5.41) is 0. The average molecular weight is 245 g/mol. The van der Waals surface area contributed by atoms with Crippen molar-refractivity contribution in [3.63, 3.8) is 0 Å². The van der Waals surface area contributed by atoms with E-state index in [9.17, 15) is 4.79 Å². The fourth-order valence-electron chi connectivity index (χ4n) is 0.881. The van der Waals surface area contributed by atoms with Crippen molar-refractivity contribution in [3.8, 4) is 11.5 Å². The number of rotatable bonds is 2. The van der Waals surface area contributed by atoms with Crippen LogP contribution in [0.2, 0.25) is 0 Å². The molecule has 1 aromatic carbocycles. The molecule has 0 aromatic heterocycles. The molecule has 0 bridgehead atoms. The van der Waals surface area contributed by atoms with Crippen LogP contribution in [0.25, 0.3) is 0 Å². The summed E-state index contributed by atoms with van der Waals surface area (Å²) in [6, 6.07) is 5.18. The Hall–Kier alpha value is -1.03. The van der Waals surface area contributed by atoms with Crippen molar-refractivity contribution in [1.82, 2.24) is 0 Å². The van der Waals surface area contributed by atoms with E-state index >= 15 is 0 Å². The standard InChI is InChI=1S/C9H9BrO3/c1-6(11)13-8-4-3-7(10)5-9(8)12-2/h3-5H,1-2H3. The van der Waals surface area contributed by atoms with Gasteiger partial charge in [0.1, 0.15) is 0 Å². The van der Waals surface area contributed by atoms with E-state index in [-0.39, 0.29) is 5.97 Å². The second kappa shape index (κ2) is 4.28. The van der Waals surface area contributed by atoms with Crippen LogP contribution in [-0.4, -0.2) is 13.1 Å². The average Bonchev–Trinajstić information content (AvgIpc) is 2.07. The fraction of sp³-hybridized carbons (Fsp3) is 0.222. The summed E-state index contributed by atoms with van der Waals surface area (Å²) in [6.07, 6.45) is 0. The van der Waals surface area contributed by atoms with Crippen LogP contribution < -0.4 is 9.47 Å². The Labute approximate surface area is 84.8 Å². The van der Waals surface area contributed by atoms with Crippen LogP contribution in [0.1, 0.15) is 6.92 Å². The predicted octanol–water partition coefficient (Wildman–Crippen LogP) is 2.38. The molecule has 70 valence electrons. The van der Waals surface area contributed by atoms with Gasteiger partial charge in [0.05, 0.1) is 7.11 Å². The van der Waals surface area contributed by atoms with Gasteiger partial charge in [-0.15, -0.1) is 0 Å². The number of hydrogen-bond acceptors (Lipinski definition) is 3. The molecule has 0 spiro atoms. The summed E-state index contributed by atoms with van der Waals surface area (Å²) in [5.41, 5.74) is 0. The zero-order valence-corrected chi connectivity index (χ0v) is 8.92. The van der Waals surface area contributed by atoms with Crippen molar-refractivity contribution in [1.29, 1.82) is 0 Å². The van der Waals surface area contributed by atoms with E-state index in [0.29, 0.717) is 11.5 Å². The molecule has 0 saturated carbocycles. The van der Waals surface area contributed by atoms with Crippen LogP contribution in [0.4, 0.5) is 0 Å². The van der Waals surface area contributed by atoms with Crippen LogP contribution in [0.3, 0.4) is 0 Å². The Balaban J connectivity index is 2.99. The summed E-state index contributed by atoms with van der Waals surface area (Å²) < 4.78 is 10.8. The summed E-state index contributed by atoms with van der Waals surface area (Å²) in [4.78, 5) is 10.7. The molecule has 0 aliphatic heterocycles. The summed E-state index contributed by atoms with van der Waals surface area (Å²) in [7, 11) is 1.52. The molecule has 0 radical (unpaired) electrons. The van der Waals surface area contributed by atoms with Gasteiger partial charge in [0, 0.05) is 11.4 Å². The number of carbonyl (C=O) groups is 1. The third-order valence-electron chi connectivity index (χ3n) is 1.38. The van der Waals surface area contributed by atoms with Crippen molar-refractivity contribution in [2.45, 2.75) is 6.92 Å². The van der Waals surface area contributed by atoms with E-state index in [1.807, 2.05) is 0 Å². The van der Waals surface area contributed by atoms with Crippen LogP contribution in [0, 0.1) is 0 Å². The zero-order valence-electron chi connectivity index (χ0n) is 7.33. The van der Waals surface area contributed by atoms with Crippen LogP contribution >= 0.6 is 15.9 Å². The van der Waals surface area contributed by atoms with Gasteiger partial charge in [-0.25, -0.2) is 0 Å². The molecule has 0 N–H and O–H groups in total. The predicted molar refractivity (Wildman–Crippen MR) is 52.0 cm³/mol. The highest BCUT2D eigenvalue weighted by molar-refractivity contribution is 9.10. The molecule has 0 unspecified atom stereocenters. The molecule has 13 heavy (non-hydrogen) atoms. The number of ether oxygens (including phenoxy) is 2. The van der Waals surface area contributed by atoms with Gasteiger partial charge in [0.2, 0.25) is 0 Å². The maximum atomic E-state index is 10.7. The highest BCUT2D eigenvalue weighted by Crippen LogP contribution is 2.30. The van der Waals surface area contributed by atoms with Crippen molar-refractivity contribution in [2.75, 3.05) is 7.11 Å². The Kier molecular flexibility index (Phi) is 3.31. The van der Waals surface area contributed by atoms with Gasteiger partial charge in [-0.2, -0.15) is 0 Å². The maximum Gasteiger partial charge on any atom is 0.308 e. The fourth-order valence-corrected chi connectivity index (χ4v) is 1.22. The maximum absolute atomic E-state index is 10.7. The molecule has 3 nitrogen and oxygen atoms in total. The monoisotopic (exact) mass is 244 g/mol. The van der Waals surface area contributed by atoms with Crippen LogP contribution in [0.15, 0.2) is 22.7 Å². The highest BCUT2D eigenvalue weighted by Gasteiger charge is 2.06. The molecule has 1 rings (SSSR count). The second-order valence-electron chi connectivity index (χ2n) is 2.39. The lowest BCUT2D eigenvalue weighted by molar-refractivity contribution is -0.132. The van der Waals surface area contributed by atoms with Gasteiger partial charge in [-0.1, -0.05) is 15.9 Å². The van der Waals surface area contributed by atoms with Gasteiger partial charge in [-0.05, 0) is 18.2 Å². The van der Waals surface area contributed by atoms with Crippen LogP contribution in [-0.2, 0) is 4.79 Å². The van der Waals surface area contributed by atoms with E-state index in [0.717, 1.165) is 4.47 Å². The molecule has 0 aliphatic rings. The first-order valence-electron chi connectivity index (χ1n) is 3.65. The molecule has 0 heterocycles. The summed E-state index contributed by atoms with van der Waals surface area (Å²) >= 11 is 3.28. The normalized spacial score (nSPS) is 9.46. The van der Waals surface area contributed by atoms with Crippen LogP contribution in [0.5, 0.6) is 11.5 Å². The molecular weight excluding hydrogens is 236 g/mol. The zero-order chi connectivity index (χ0) is 9.84. The first kappa shape index (κ1) is 10.1. The summed E-state index contributed by atoms with van der Waals surface area (Å²) in [5.74, 6) is 0.600. The largest absolute Gasteiger partial charge is 0.493 e. The first-order valence-corrected chi connectivity index (χ1v) is 4.44. The van der Waals surface area contributed by atoms with Crippen molar-refractivity contribution < 1.29 is 14.3 Å². The second-order valence-corrected chi connectivity index (χ2v) is 3.30. The molecule has 0 fully saturated rings. The first-order chi connectivity index (χ1) is 6.13. The Morgan fingerprint density at radius 1 is 1.38 bits per heavy atom. The highest BCUT2D eigenvalue weighted by atomic mass is 79.9. The quantitative estimate of drug-likeness (QED) is 0.592. The Morgan fingerprint density at radius 2 is 2.08 bits per heavy atom. The minimum absolute atomic E-state index is 0.361. The molecule has 0 atom stereocenters. The van der Waals surface area contributed by atoms with Crippen molar-refractivity contribution in [2.24, 2.45) is 0 Å². The lowest BCUT2D eigenvalue weighted by Crippen LogP contribution is -2.02. The van der Waals surface area contributed by atoms with E-state index < -0.39 is 0 Å². The minimum atomic E-state index is -0.361. The smallest absolute Gasteiger partial charge is 0.308 e. The molecule has 0 aliphatic carbocycles. The van der Waals surface area contributed by atoms with E-state index in [4.69, 9.17) is 9.47 Å². The number of benzene rings is 1.